The highest BCUT2D eigenvalue weighted by Crippen LogP contribution is 2.32. The van der Waals surface area contributed by atoms with Crippen LogP contribution in [0.4, 0.5) is 0 Å². The molecule has 1 fully saturated rings. The molecule has 1 aliphatic carbocycles. The van der Waals surface area contributed by atoms with Gasteiger partial charge < -0.3 is 21.0 Å². The van der Waals surface area contributed by atoms with E-state index >= 15 is 0 Å². The van der Waals surface area contributed by atoms with Crippen molar-refractivity contribution >= 4 is 11.7 Å². The smallest absolute Gasteiger partial charge is 0.251 e. The average molecular weight is 263 g/mol. The van der Waals surface area contributed by atoms with Gasteiger partial charge in [-0.3, -0.25) is 4.79 Å². The van der Waals surface area contributed by atoms with Gasteiger partial charge in [0.2, 0.25) is 0 Å². The first-order valence-corrected chi connectivity index (χ1v) is 6.08. The zero-order valence-electron chi connectivity index (χ0n) is 10.7. The highest BCUT2D eigenvalue weighted by Gasteiger charge is 2.35. The lowest BCUT2D eigenvalue weighted by atomic mass is 10.1. The summed E-state index contributed by atoms with van der Waals surface area (Å²) in [4.78, 5) is 12.1. The Morgan fingerprint density at radius 3 is 2.58 bits per heavy atom. The number of hydrogen-bond acceptors (Lipinski definition) is 4. The van der Waals surface area contributed by atoms with Gasteiger partial charge in [-0.15, -0.1) is 0 Å². The maximum absolute atomic E-state index is 12.1. The Labute approximate surface area is 111 Å². The number of methoxy groups -OCH3 is 1. The van der Waals surface area contributed by atoms with Crippen LogP contribution in [0.2, 0.25) is 0 Å². The van der Waals surface area contributed by atoms with Crippen molar-refractivity contribution in [1.29, 1.82) is 0 Å². The quantitative estimate of drug-likeness (QED) is 0.319. The van der Waals surface area contributed by atoms with Gasteiger partial charge in [0.05, 0.1) is 13.2 Å². The third-order valence-electron chi connectivity index (χ3n) is 3.17. The average Bonchev–Trinajstić information content (AvgIpc) is 3.28. The third kappa shape index (κ3) is 3.15. The topological polar surface area (TPSA) is 96.9 Å². The molecule has 1 atom stereocenters. The summed E-state index contributed by atoms with van der Waals surface area (Å²) in [6, 6.07) is 6.36. The van der Waals surface area contributed by atoms with E-state index in [0.717, 1.165) is 12.8 Å². The zero-order chi connectivity index (χ0) is 13.8. The van der Waals surface area contributed by atoms with Crippen molar-refractivity contribution in [2.24, 2.45) is 16.8 Å². The number of amidine groups is 1. The summed E-state index contributed by atoms with van der Waals surface area (Å²) in [7, 11) is 1.57. The van der Waals surface area contributed by atoms with E-state index in [1.165, 1.54) is 0 Å². The number of nitrogens with two attached hydrogens (primary N) is 1. The van der Waals surface area contributed by atoms with Crippen molar-refractivity contribution in [3.05, 3.63) is 29.8 Å². The van der Waals surface area contributed by atoms with Gasteiger partial charge in [0.25, 0.3) is 5.91 Å². The van der Waals surface area contributed by atoms with Gasteiger partial charge in [-0.1, -0.05) is 5.16 Å². The SMILES string of the molecule is COc1ccc(C(=O)NC(C(N)=NO)C2CC2)cc1. The van der Waals surface area contributed by atoms with Crippen LogP contribution in [0.1, 0.15) is 23.2 Å². The molecule has 1 aromatic rings. The maximum Gasteiger partial charge on any atom is 0.251 e. The lowest BCUT2D eigenvalue weighted by Gasteiger charge is -2.16. The predicted molar refractivity (Wildman–Crippen MR) is 70.4 cm³/mol. The number of nitrogens with zero attached hydrogens (tertiary/aromatic N) is 1. The van der Waals surface area contributed by atoms with E-state index in [2.05, 4.69) is 10.5 Å². The predicted octanol–water partition coefficient (Wildman–Crippen LogP) is 0.950. The van der Waals surface area contributed by atoms with E-state index in [1.807, 2.05) is 0 Å². The fourth-order valence-corrected chi connectivity index (χ4v) is 1.89. The minimum absolute atomic E-state index is 0.0457. The van der Waals surface area contributed by atoms with Crippen molar-refractivity contribution in [1.82, 2.24) is 5.32 Å². The van der Waals surface area contributed by atoms with Crippen LogP contribution in [0.15, 0.2) is 29.4 Å². The molecule has 1 aromatic carbocycles. The Morgan fingerprint density at radius 1 is 1.47 bits per heavy atom. The summed E-state index contributed by atoms with van der Waals surface area (Å²) in [5.74, 6) is 0.750. The van der Waals surface area contributed by atoms with Gasteiger partial charge in [-0.25, -0.2) is 0 Å². The molecule has 0 bridgehead atoms. The van der Waals surface area contributed by atoms with Crippen LogP contribution in [-0.2, 0) is 0 Å². The van der Waals surface area contributed by atoms with E-state index < -0.39 is 6.04 Å². The minimum Gasteiger partial charge on any atom is -0.497 e. The van der Waals surface area contributed by atoms with Crippen LogP contribution in [0, 0.1) is 5.92 Å². The summed E-state index contributed by atoms with van der Waals surface area (Å²) in [5.41, 5.74) is 6.11. The van der Waals surface area contributed by atoms with Crippen LogP contribution >= 0.6 is 0 Å². The van der Waals surface area contributed by atoms with E-state index in [4.69, 9.17) is 15.7 Å². The monoisotopic (exact) mass is 263 g/mol. The molecular weight excluding hydrogens is 246 g/mol. The molecule has 0 saturated heterocycles. The Kier molecular flexibility index (Phi) is 3.89. The fraction of sp³-hybridized carbons (Fsp3) is 0.385. The number of carbonyl (C=O) groups is 1. The number of amides is 1. The van der Waals surface area contributed by atoms with E-state index in [9.17, 15) is 4.79 Å². The summed E-state index contributed by atoms with van der Waals surface area (Å²) >= 11 is 0. The molecule has 6 heteroatoms. The lowest BCUT2D eigenvalue weighted by Crippen LogP contribution is -2.46. The first-order chi connectivity index (χ1) is 9.15. The molecular formula is C13H17N3O3. The van der Waals surface area contributed by atoms with Gasteiger partial charge in [-0.05, 0) is 43.0 Å². The van der Waals surface area contributed by atoms with Crippen LogP contribution in [-0.4, -0.2) is 30.1 Å². The van der Waals surface area contributed by atoms with Crippen LogP contribution in [0.3, 0.4) is 0 Å². The first kappa shape index (κ1) is 13.2. The number of oxime groups is 1. The molecule has 6 nitrogen and oxygen atoms in total. The molecule has 0 aliphatic heterocycles. The third-order valence-corrected chi connectivity index (χ3v) is 3.17. The molecule has 4 N–H and O–H groups in total. The molecule has 1 unspecified atom stereocenters. The Bertz CT molecular complexity index is 480. The van der Waals surface area contributed by atoms with Gasteiger partial charge in [0, 0.05) is 5.56 Å². The number of carbonyl (C=O) groups excluding carboxylic acids is 1. The first-order valence-electron chi connectivity index (χ1n) is 6.08. The summed E-state index contributed by atoms with van der Waals surface area (Å²) in [5, 5.41) is 14.5. The Hall–Kier alpha value is -2.24. The lowest BCUT2D eigenvalue weighted by molar-refractivity contribution is 0.0943. The van der Waals surface area contributed by atoms with Crippen LogP contribution < -0.4 is 15.8 Å². The molecule has 102 valence electrons. The summed E-state index contributed by atoms with van der Waals surface area (Å²) in [6.45, 7) is 0. The van der Waals surface area contributed by atoms with Crippen molar-refractivity contribution in [3.63, 3.8) is 0 Å². The normalized spacial score (nSPS) is 16.8. The van der Waals surface area contributed by atoms with Gasteiger partial charge in [0.15, 0.2) is 5.84 Å². The number of benzene rings is 1. The molecule has 1 saturated carbocycles. The molecule has 0 heterocycles. The highest BCUT2D eigenvalue weighted by molar-refractivity contribution is 5.98. The van der Waals surface area contributed by atoms with Crippen LogP contribution in [0.5, 0.6) is 5.75 Å². The second-order valence-corrected chi connectivity index (χ2v) is 4.54. The second-order valence-electron chi connectivity index (χ2n) is 4.54. The second kappa shape index (κ2) is 5.60. The van der Waals surface area contributed by atoms with Crippen LogP contribution in [0.25, 0.3) is 0 Å². The molecule has 19 heavy (non-hydrogen) atoms. The van der Waals surface area contributed by atoms with E-state index in [0.29, 0.717) is 11.3 Å². The molecule has 2 rings (SSSR count). The van der Waals surface area contributed by atoms with Crippen molar-refractivity contribution in [2.75, 3.05) is 7.11 Å². The number of hydrogen-bond donors (Lipinski definition) is 3. The van der Waals surface area contributed by atoms with Crippen molar-refractivity contribution in [3.8, 4) is 5.75 Å². The van der Waals surface area contributed by atoms with Crippen molar-refractivity contribution < 1.29 is 14.7 Å². The Morgan fingerprint density at radius 2 is 2.11 bits per heavy atom. The molecule has 0 aromatic heterocycles. The number of ether oxygens (including phenoxy) is 1. The van der Waals surface area contributed by atoms with Gasteiger partial charge in [0.1, 0.15) is 5.75 Å². The van der Waals surface area contributed by atoms with Gasteiger partial charge in [-0.2, -0.15) is 0 Å². The largest absolute Gasteiger partial charge is 0.497 e. The Balaban J connectivity index is 2.06. The summed E-state index contributed by atoms with van der Waals surface area (Å²) in [6.07, 6.45) is 1.95. The fourth-order valence-electron chi connectivity index (χ4n) is 1.89. The standard InChI is InChI=1S/C13H17N3O3/c1-19-10-6-4-9(5-7-10)13(17)15-11(8-2-3-8)12(14)16-18/h4-8,11,18H,2-3H2,1H3,(H2,14,16)(H,15,17). The molecule has 0 radical (unpaired) electrons. The molecule has 1 amide bonds. The van der Waals surface area contributed by atoms with E-state index in [-0.39, 0.29) is 17.7 Å². The maximum atomic E-state index is 12.1. The number of rotatable bonds is 5. The summed E-state index contributed by atoms with van der Waals surface area (Å²) < 4.78 is 5.03. The van der Waals surface area contributed by atoms with Crippen molar-refractivity contribution in [2.45, 2.75) is 18.9 Å². The number of nitrogens with one attached hydrogen (secondary N) is 1. The molecule has 0 spiro atoms. The minimum atomic E-state index is -0.403. The van der Waals surface area contributed by atoms with Gasteiger partial charge >= 0.3 is 0 Å². The molecule has 1 aliphatic rings. The van der Waals surface area contributed by atoms with E-state index in [1.54, 1.807) is 31.4 Å². The highest BCUT2D eigenvalue weighted by atomic mass is 16.5. The zero-order valence-corrected chi connectivity index (χ0v) is 10.7.